The molecule has 19 heavy (non-hydrogen) atoms. The first-order valence-corrected chi connectivity index (χ1v) is 6.86. The van der Waals surface area contributed by atoms with Crippen molar-refractivity contribution < 1.29 is 0 Å². The van der Waals surface area contributed by atoms with Gasteiger partial charge in [0, 0.05) is 12.2 Å². The fourth-order valence-electron chi connectivity index (χ4n) is 2.79. The first-order chi connectivity index (χ1) is 9.38. The number of benzene rings is 1. The molecule has 0 radical (unpaired) electrons. The molecule has 1 aromatic heterocycles. The third-order valence-corrected chi connectivity index (χ3v) is 3.85. The van der Waals surface area contributed by atoms with Gasteiger partial charge in [0.25, 0.3) is 0 Å². The lowest BCUT2D eigenvalue weighted by Crippen LogP contribution is -2.12. The lowest BCUT2D eigenvalue weighted by atomic mass is 9.98. The van der Waals surface area contributed by atoms with Gasteiger partial charge in [0.2, 0.25) is 0 Å². The summed E-state index contributed by atoms with van der Waals surface area (Å²) in [6, 6.07) is 12.4. The normalized spacial score (nSPS) is 15.5. The molecule has 96 valence electrons. The van der Waals surface area contributed by atoms with E-state index >= 15 is 0 Å². The monoisotopic (exact) mass is 251 g/mol. The van der Waals surface area contributed by atoms with Crippen LogP contribution in [0.2, 0.25) is 0 Å². The van der Waals surface area contributed by atoms with Crippen LogP contribution in [0, 0.1) is 11.3 Å². The highest BCUT2D eigenvalue weighted by atomic mass is 15.1. The van der Waals surface area contributed by atoms with E-state index in [9.17, 15) is 5.26 Å². The van der Waals surface area contributed by atoms with E-state index in [1.165, 1.54) is 24.2 Å². The van der Waals surface area contributed by atoms with Crippen molar-refractivity contribution in [3.63, 3.8) is 0 Å². The average Bonchev–Trinajstić information content (AvgIpc) is 2.89. The quantitative estimate of drug-likeness (QED) is 0.841. The molecule has 1 aliphatic rings. The molecule has 1 heterocycles. The maximum atomic E-state index is 9.40. The van der Waals surface area contributed by atoms with Crippen molar-refractivity contribution in [3.05, 3.63) is 53.6 Å². The van der Waals surface area contributed by atoms with Crippen LogP contribution in [0.5, 0.6) is 0 Å². The maximum absolute atomic E-state index is 9.40. The second kappa shape index (κ2) is 5.27. The number of fused-ring (bicyclic) bond motifs is 1. The van der Waals surface area contributed by atoms with Gasteiger partial charge in [-0.1, -0.05) is 30.3 Å². The number of aryl methyl sites for hydroxylation is 1. The van der Waals surface area contributed by atoms with Crippen LogP contribution in [-0.2, 0) is 19.4 Å². The molecule has 3 heteroatoms. The second-order valence-corrected chi connectivity index (χ2v) is 5.09. The van der Waals surface area contributed by atoms with Crippen LogP contribution in [0.25, 0.3) is 0 Å². The Morgan fingerprint density at radius 3 is 2.79 bits per heavy atom. The Balaban J connectivity index is 1.84. The molecule has 2 aromatic rings. The summed E-state index contributed by atoms with van der Waals surface area (Å²) in [7, 11) is 0. The highest BCUT2D eigenvalue weighted by Gasteiger charge is 2.18. The summed E-state index contributed by atoms with van der Waals surface area (Å²) < 4.78 is 2.18. The molecule has 1 aliphatic carbocycles. The van der Waals surface area contributed by atoms with Crippen molar-refractivity contribution in [2.24, 2.45) is 0 Å². The highest BCUT2D eigenvalue weighted by Crippen LogP contribution is 2.23. The number of hydrogen-bond donors (Lipinski definition) is 0. The lowest BCUT2D eigenvalue weighted by molar-refractivity contribution is 0.581. The summed E-state index contributed by atoms with van der Waals surface area (Å²) in [4.78, 5) is 4.49. The molecule has 0 spiro atoms. The van der Waals surface area contributed by atoms with E-state index in [-0.39, 0.29) is 5.92 Å². The van der Waals surface area contributed by atoms with Gasteiger partial charge in [0.15, 0.2) is 0 Å². The van der Waals surface area contributed by atoms with E-state index in [4.69, 9.17) is 0 Å². The van der Waals surface area contributed by atoms with Crippen molar-refractivity contribution in [3.8, 4) is 6.07 Å². The van der Waals surface area contributed by atoms with Gasteiger partial charge in [0.1, 0.15) is 0 Å². The van der Waals surface area contributed by atoms with E-state index in [1.54, 1.807) is 0 Å². The van der Waals surface area contributed by atoms with Gasteiger partial charge in [0.05, 0.1) is 24.0 Å². The summed E-state index contributed by atoms with van der Waals surface area (Å²) in [5.74, 6) is -0.0959. The Kier molecular flexibility index (Phi) is 3.33. The molecule has 0 saturated heterocycles. The first kappa shape index (κ1) is 12.0. The number of hydrogen-bond acceptors (Lipinski definition) is 2. The van der Waals surface area contributed by atoms with Gasteiger partial charge < -0.3 is 4.57 Å². The lowest BCUT2D eigenvalue weighted by Gasteiger charge is -2.16. The van der Waals surface area contributed by atoms with Crippen LogP contribution in [0.3, 0.4) is 0 Å². The van der Waals surface area contributed by atoms with E-state index < -0.39 is 0 Å². The van der Waals surface area contributed by atoms with Gasteiger partial charge in [-0.2, -0.15) is 5.26 Å². The average molecular weight is 251 g/mol. The fraction of sp³-hybridized carbons (Fsp3) is 0.375. The van der Waals surface area contributed by atoms with E-state index in [0.29, 0.717) is 6.54 Å². The Morgan fingerprint density at radius 2 is 2.00 bits per heavy atom. The largest absolute Gasteiger partial charge is 0.333 e. The van der Waals surface area contributed by atoms with Crippen molar-refractivity contribution >= 4 is 0 Å². The van der Waals surface area contributed by atoms with Gasteiger partial charge in [-0.15, -0.1) is 0 Å². The minimum absolute atomic E-state index is 0.0959. The first-order valence-electron chi connectivity index (χ1n) is 6.86. The Hall–Kier alpha value is -2.08. The Bertz CT molecular complexity index is 592. The summed E-state index contributed by atoms with van der Waals surface area (Å²) in [6.45, 7) is 0.711. The molecule has 0 fully saturated rings. The summed E-state index contributed by atoms with van der Waals surface area (Å²) >= 11 is 0. The van der Waals surface area contributed by atoms with Crippen LogP contribution in [0.15, 0.2) is 36.7 Å². The molecule has 1 aromatic carbocycles. The number of rotatable bonds is 3. The Morgan fingerprint density at radius 1 is 1.21 bits per heavy atom. The zero-order valence-electron chi connectivity index (χ0n) is 10.9. The highest BCUT2D eigenvalue weighted by molar-refractivity contribution is 5.25. The molecule has 1 atom stereocenters. The molecule has 3 rings (SSSR count). The zero-order valence-corrected chi connectivity index (χ0v) is 10.9. The van der Waals surface area contributed by atoms with E-state index in [1.807, 2.05) is 36.7 Å². The van der Waals surface area contributed by atoms with E-state index in [0.717, 1.165) is 18.4 Å². The molecule has 3 nitrogen and oxygen atoms in total. The van der Waals surface area contributed by atoms with Crippen LogP contribution in [0.1, 0.15) is 35.7 Å². The SMILES string of the molecule is N#CC(Cn1cnc2c1CCCC2)c1ccccc1. The van der Waals surface area contributed by atoms with Gasteiger partial charge in [-0.05, 0) is 31.2 Å². The minimum atomic E-state index is -0.0959. The number of imidazole rings is 1. The molecule has 0 N–H and O–H groups in total. The van der Waals surface area contributed by atoms with Gasteiger partial charge in [-0.3, -0.25) is 0 Å². The molecule has 0 aliphatic heterocycles. The third-order valence-electron chi connectivity index (χ3n) is 3.85. The van der Waals surface area contributed by atoms with Crippen molar-refractivity contribution in [1.82, 2.24) is 9.55 Å². The van der Waals surface area contributed by atoms with Crippen molar-refractivity contribution in [1.29, 1.82) is 5.26 Å². The molecule has 1 unspecified atom stereocenters. The van der Waals surface area contributed by atoms with Crippen LogP contribution in [0.4, 0.5) is 0 Å². The van der Waals surface area contributed by atoms with Gasteiger partial charge in [-0.25, -0.2) is 4.98 Å². The fourth-order valence-corrected chi connectivity index (χ4v) is 2.79. The molecule has 0 saturated carbocycles. The number of nitrogens with zero attached hydrogens (tertiary/aromatic N) is 3. The maximum Gasteiger partial charge on any atom is 0.0952 e. The number of aromatic nitrogens is 2. The van der Waals surface area contributed by atoms with Crippen molar-refractivity contribution in [2.45, 2.75) is 38.1 Å². The Labute approximate surface area is 113 Å². The molecule has 0 bridgehead atoms. The summed E-state index contributed by atoms with van der Waals surface area (Å²) in [5.41, 5.74) is 3.65. The van der Waals surface area contributed by atoms with Crippen LogP contribution in [-0.4, -0.2) is 9.55 Å². The van der Waals surface area contributed by atoms with Crippen molar-refractivity contribution in [2.75, 3.05) is 0 Å². The molecular weight excluding hydrogens is 234 g/mol. The van der Waals surface area contributed by atoms with Gasteiger partial charge >= 0.3 is 0 Å². The predicted octanol–water partition coefficient (Wildman–Crippen LogP) is 3.07. The van der Waals surface area contributed by atoms with E-state index in [2.05, 4.69) is 15.6 Å². The standard InChI is InChI=1S/C16H17N3/c17-10-14(13-6-2-1-3-7-13)11-19-12-18-15-8-4-5-9-16(15)19/h1-3,6-7,12,14H,4-5,8-9,11H2. The minimum Gasteiger partial charge on any atom is -0.333 e. The zero-order chi connectivity index (χ0) is 13.1. The summed E-state index contributed by atoms with van der Waals surface area (Å²) in [6.07, 6.45) is 6.57. The number of nitriles is 1. The molecular formula is C16H17N3. The second-order valence-electron chi connectivity index (χ2n) is 5.09. The summed E-state index contributed by atoms with van der Waals surface area (Å²) in [5, 5.41) is 9.40. The molecule has 0 amide bonds. The predicted molar refractivity (Wildman–Crippen MR) is 73.7 cm³/mol. The van der Waals surface area contributed by atoms with Crippen LogP contribution >= 0.6 is 0 Å². The smallest absolute Gasteiger partial charge is 0.0952 e. The topological polar surface area (TPSA) is 41.6 Å². The third kappa shape index (κ3) is 2.39. The van der Waals surface area contributed by atoms with Crippen LogP contribution < -0.4 is 0 Å².